The summed E-state index contributed by atoms with van der Waals surface area (Å²) in [6.45, 7) is 6.59. The van der Waals surface area contributed by atoms with Crippen LogP contribution in [-0.4, -0.2) is 13.1 Å². The van der Waals surface area contributed by atoms with Crippen LogP contribution in [0.3, 0.4) is 0 Å². The van der Waals surface area contributed by atoms with Crippen LogP contribution in [0.15, 0.2) is 9.85 Å². The first-order valence-corrected chi connectivity index (χ1v) is 7.30. The van der Waals surface area contributed by atoms with Crippen LogP contribution in [0.4, 0.5) is 0 Å². The second-order valence-corrected chi connectivity index (χ2v) is 6.29. The van der Waals surface area contributed by atoms with Gasteiger partial charge in [-0.05, 0) is 66.8 Å². The van der Waals surface area contributed by atoms with Gasteiger partial charge in [0.25, 0.3) is 0 Å². The minimum atomic E-state index is 1.09. The monoisotopic (exact) mass is 289 g/mol. The van der Waals surface area contributed by atoms with Crippen LogP contribution in [-0.2, 0) is 6.42 Å². The van der Waals surface area contributed by atoms with Crippen LogP contribution in [0, 0.1) is 6.92 Å². The summed E-state index contributed by atoms with van der Waals surface area (Å²) in [4.78, 5) is 1.52. The van der Waals surface area contributed by atoms with Gasteiger partial charge in [0, 0.05) is 4.88 Å². The van der Waals surface area contributed by atoms with Gasteiger partial charge < -0.3 is 5.32 Å². The molecular weight excluding hydrogens is 270 g/mol. The molecule has 1 heterocycles. The SMILES string of the molecule is CCNCCCCCc1cc(C)c(Br)s1. The van der Waals surface area contributed by atoms with E-state index in [9.17, 15) is 0 Å². The van der Waals surface area contributed by atoms with Crippen LogP contribution >= 0.6 is 27.3 Å². The normalized spacial score (nSPS) is 10.9. The summed E-state index contributed by atoms with van der Waals surface area (Å²) in [5.74, 6) is 0. The first-order valence-electron chi connectivity index (χ1n) is 5.69. The van der Waals surface area contributed by atoms with Crippen molar-refractivity contribution in [1.82, 2.24) is 5.32 Å². The molecule has 15 heavy (non-hydrogen) atoms. The van der Waals surface area contributed by atoms with Crippen LogP contribution < -0.4 is 5.32 Å². The van der Waals surface area contributed by atoms with Crippen LogP contribution in [0.2, 0.25) is 0 Å². The lowest BCUT2D eigenvalue weighted by Gasteiger charge is -2.00. The fourth-order valence-electron chi connectivity index (χ4n) is 1.55. The number of nitrogens with one attached hydrogen (secondary N) is 1. The zero-order valence-electron chi connectivity index (χ0n) is 9.61. The quantitative estimate of drug-likeness (QED) is 0.744. The molecule has 0 aliphatic rings. The molecule has 0 aromatic carbocycles. The molecule has 0 unspecified atom stereocenters. The van der Waals surface area contributed by atoms with Crippen molar-refractivity contribution in [3.63, 3.8) is 0 Å². The van der Waals surface area contributed by atoms with E-state index in [0.29, 0.717) is 0 Å². The second kappa shape index (κ2) is 7.42. The largest absolute Gasteiger partial charge is 0.317 e. The van der Waals surface area contributed by atoms with Crippen LogP contribution in [0.5, 0.6) is 0 Å². The number of hydrogen-bond donors (Lipinski definition) is 1. The van der Waals surface area contributed by atoms with Crippen molar-refractivity contribution in [3.05, 3.63) is 20.3 Å². The minimum Gasteiger partial charge on any atom is -0.317 e. The van der Waals surface area contributed by atoms with Crippen molar-refractivity contribution in [2.75, 3.05) is 13.1 Å². The summed E-state index contributed by atoms with van der Waals surface area (Å²) < 4.78 is 1.30. The Morgan fingerprint density at radius 2 is 2.13 bits per heavy atom. The second-order valence-electron chi connectivity index (χ2n) is 3.83. The van der Waals surface area contributed by atoms with Gasteiger partial charge >= 0.3 is 0 Å². The fourth-order valence-corrected chi connectivity index (χ4v) is 3.22. The molecule has 1 aromatic heterocycles. The number of halogens is 1. The topological polar surface area (TPSA) is 12.0 Å². The molecule has 86 valence electrons. The number of thiophene rings is 1. The van der Waals surface area contributed by atoms with Crippen molar-refractivity contribution in [2.45, 2.75) is 39.5 Å². The lowest BCUT2D eigenvalue weighted by molar-refractivity contribution is 0.618. The van der Waals surface area contributed by atoms with Gasteiger partial charge in [-0.1, -0.05) is 13.3 Å². The third-order valence-electron chi connectivity index (χ3n) is 2.43. The van der Waals surface area contributed by atoms with Gasteiger partial charge in [0.1, 0.15) is 0 Å². The molecule has 0 aliphatic heterocycles. The molecule has 0 atom stereocenters. The fraction of sp³-hybridized carbons (Fsp3) is 0.667. The summed E-state index contributed by atoms with van der Waals surface area (Å²) >= 11 is 5.45. The Morgan fingerprint density at radius 1 is 1.33 bits per heavy atom. The molecule has 1 rings (SSSR count). The van der Waals surface area contributed by atoms with Crippen molar-refractivity contribution in [2.24, 2.45) is 0 Å². The first kappa shape index (κ1) is 13.2. The van der Waals surface area contributed by atoms with E-state index >= 15 is 0 Å². The highest BCUT2D eigenvalue weighted by Gasteiger charge is 2.01. The lowest BCUT2D eigenvalue weighted by atomic mass is 10.1. The van der Waals surface area contributed by atoms with E-state index < -0.39 is 0 Å². The Hall–Kier alpha value is 0.140. The van der Waals surface area contributed by atoms with Gasteiger partial charge in [-0.3, -0.25) is 0 Å². The molecular formula is C12H20BrNS. The molecule has 0 amide bonds. The molecule has 0 aliphatic carbocycles. The maximum atomic E-state index is 3.57. The summed E-state index contributed by atoms with van der Waals surface area (Å²) in [5.41, 5.74) is 1.38. The molecule has 1 aromatic rings. The van der Waals surface area contributed by atoms with E-state index in [1.54, 1.807) is 0 Å². The van der Waals surface area contributed by atoms with E-state index in [0.717, 1.165) is 6.54 Å². The van der Waals surface area contributed by atoms with E-state index in [4.69, 9.17) is 0 Å². The highest BCUT2D eigenvalue weighted by atomic mass is 79.9. The van der Waals surface area contributed by atoms with E-state index in [1.807, 2.05) is 11.3 Å². The summed E-state index contributed by atoms with van der Waals surface area (Å²) in [6, 6.07) is 2.30. The van der Waals surface area contributed by atoms with Gasteiger partial charge in [0.2, 0.25) is 0 Å². The van der Waals surface area contributed by atoms with Gasteiger partial charge in [0.05, 0.1) is 3.79 Å². The molecule has 0 fully saturated rings. The minimum absolute atomic E-state index is 1.09. The van der Waals surface area contributed by atoms with Crippen molar-refractivity contribution >= 4 is 27.3 Å². The highest BCUT2D eigenvalue weighted by molar-refractivity contribution is 9.11. The maximum Gasteiger partial charge on any atom is 0.0730 e. The molecule has 0 saturated carbocycles. The van der Waals surface area contributed by atoms with Crippen molar-refractivity contribution in [3.8, 4) is 0 Å². The highest BCUT2D eigenvalue weighted by Crippen LogP contribution is 2.28. The Balaban J connectivity index is 2.10. The lowest BCUT2D eigenvalue weighted by Crippen LogP contribution is -2.13. The third-order valence-corrected chi connectivity index (χ3v) is 4.63. The average molecular weight is 290 g/mol. The van der Waals surface area contributed by atoms with Crippen LogP contribution in [0.1, 0.15) is 36.6 Å². The smallest absolute Gasteiger partial charge is 0.0730 e. The van der Waals surface area contributed by atoms with E-state index in [1.165, 1.54) is 46.5 Å². The van der Waals surface area contributed by atoms with Gasteiger partial charge in [-0.25, -0.2) is 0 Å². The number of hydrogen-bond acceptors (Lipinski definition) is 2. The Kier molecular flexibility index (Phi) is 6.53. The molecule has 3 heteroatoms. The standard InChI is InChI=1S/C12H20BrNS/c1-3-14-8-6-4-5-7-11-9-10(2)12(13)15-11/h9,14H,3-8H2,1-2H3. The zero-order valence-corrected chi connectivity index (χ0v) is 12.0. The number of rotatable bonds is 7. The Labute approximate surface area is 105 Å². The molecule has 0 radical (unpaired) electrons. The predicted octanol–water partition coefficient (Wildman–Crippen LogP) is 4.14. The zero-order chi connectivity index (χ0) is 11.1. The number of unbranched alkanes of at least 4 members (excludes halogenated alkanes) is 2. The van der Waals surface area contributed by atoms with Crippen LogP contribution in [0.25, 0.3) is 0 Å². The Bertz CT molecular complexity index is 264. The summed E-state index contributed by atoms with van der Waals surface area (Å²) in [5, 5.41) is 3.36. The van der Waals surface area contributed by atoms with Crippen molar-refractivity contribution < 1.29 is 0 Å². The molecule has 1 N–H and O–H groups in total. The Morgan fingerprint density at radius 3 is 2.73 bits per heavy atom. The predicted molar refractivity (Wildman–Crippen MR) is 72.9 cm³/mol. The molecule has 1 nitrogen and oxygen atoms in total. The molecule has 0 spiro atoms. The summed E-state index contributed by atoms with van der Waals surface area (Å²) in [6.07, 6.45) is 5.20. The summed E-state index contributed by atoms with van der Waals surface area (Å²) in [7, 11) is 0. The maximum absolute atomic E-state index is 3.57. The van der Waals surface area contributed by atoms with Gasteiger partial charge in [-0.15, -0.1) is 11.3 Å². The van der Waals surface area contributed by atoms with E-state index in [-0.39, 0.29) is 0 Å². The molecule has 0 bridgehead atoms. The third kappa shape index (κ3) is 5.14. The van der Waals surface area contributed by atoms with Gasteiger partial charge in [0.15, 0.2) is 0 Å². The first-order chi connectivity index (χ1) is 7.24. The number of aryl methyl sites for hydroxylation is 2. The average Bonchev–Trinajstić information content (AvgIpc) is 2.52. The molecule has 0 saturated heterocycles. The van der Waals surface area contributed by atoms with Gasteiger partial charge in [-0.2, -0.15) is 0 Å². The van der Waals surface area contributed by atoms with E-state index in [2.05, 4.69) is 41.2 Å². The van der Waals surface area contributed by atoms with Crippen molar-refractivity contribution in [1.29, 1.82) is 0 Å².